The van der Waals surface area contributed by atoms with Crippen LogP contribution in [-0.4, -0.2) is 49.5 Å². The normalized spacial score (nSPS) is 19.9. The lowest BCUT2D eigenvalue weighted by molar-refractivity contribution is 0.0314. The second-order valence-corrected chi connectivity index (χ2v) is 4.84. The molecule has 0 unspecified atom stereocenters. The van der Waals surface area contributed by atoms with Crippen molar-refractivity contribution in [3.05, 3.63) is 0 Å². The van der Waals surface area contributed by atoms with Gasteiger partial charge in [0.15, 0.2) is 0 Å². The molecule has 1 fully saturated rings. The summed E-state index contributed by atoms with van der Waals surface area (Å²) in [6.45, 7) is 9.77. The molecule has 1 heterocycles. The second-order valence-electron chi connectivity index (χ2n) is 4.84. The molecule has 3 heteroatoms. The van der Waals surface area contributed by atoms with Crippen LogP contribution >= 0.6 is 0 Å². The molecule has 1 aliphatic heterocycles. The van der Waals surface area contributed by atoms with Gasteiger partial charge in [-0.2, -0.15) is 0 Å². The number of hydrogen-bond donors (Lipinski definition) is 1. The van der Waals surface area contributed by atoms with Crippen molar-refractivity contribution in [1.82, 2.24) is 4.90 Å². The van der Waals surface area contributed by atoms with E-state index in [9.17, 15) is 0 Å². The van der Waals surface area contributed by atoms with Crippen LogP contribution in [0.25, 0.3) is 0 Å². The molecule has 0 aliphatic carbocycles. The Hall–Kier alpha value is -0.120. The van der Waals surface area contributed by atoms with Crippen LogP contribution in [0.3, 0.4) is 0 Å². The molecular formula is C11H23NO2. The molecule has 0 aromatic rings. The lowest BCUT2D eigenvalue weighted by Gasteiger charge is -2.31. The molecule has 0 bridgehead atoms. The summed E-state index contributed by atoms with van der Waals surface area (Å²) < 4.78 is 5.30. The van der Waals surface area contributed by atoms with E-state index in [1.165, 1.54) is 0 Å². The van der Waals surface area contributed by atoms with Gasteiger partial charge in [-0.25, -0.2) is 0 Å². The maximum absolute atomic E-state index is 8.91. The first-order valence-electron chi connectivity index (χ1n) is 5.55. The van der Waals surface area contributed by atoms with Gasteiger partial charge in [0.25, 0.3) is 0 Å². The Morgan fingerprint density at radius 3 is 2.43 bits per heavy atom. The highest BCUT2D eigenvalue weighted by molar-refractivity contribution is 4.71. The number of morpholine rings is 1. The van der Waals surface area contributed by atoms with Crippen molar-refractivity contribution in [2.24, 2.45) is 5.41 Å². The molecule has 1 rings (SSSR count). The van der Waals surface area contributed by atoms with Gasteiger partial charge in [0.1, 0.15) is 0 Å². The van der Waals surface area contributed by atoms with E-state index in [-0.39, 0.29) is 5.41 Å². The molecule has 84 valence electrons. The summed E-state index contributed by atoms with van der Waals surface area (Å²) in [6.07, 6.45) is 2.06. The van der Waals surface area contributed by atoms with Crippen molar-refractivity contribution >= 4 is 0 Å². The SMILES string of the molecule is CC(C)(CCO)CCN1CCOCC1. The third kappa shape index (κ3) is 4.40. The van der Waals surface area contributed by atoms with Crippen molar-refractivity contribution in [2.75, 3.05) is 39.5 Å². The molecule has 14 heavy (non-hydrogen) atoms. The summed E-state index contributed by atoms with van der Waals surface area (Å²) in [5, 5.41) is 8.91. The van der Waals surface area contributed by atoms with Crippen LogP contribution in [0.4, 0.5) is 0 Å². The zero-order valence-corrected chi connectivity index (χ0v) is 9.46. The van der Waals surface area contributed by atoms with Crippen molar-refractivity contribution < 1.29 is 9.84 Å². The first-order valence-corrected chi connectivity index (χ1v) is 5.55. The Kier molecular flexibility index (Phi) is 4.85. The fourth-order valence-electron chi connectivity index (χ4n) is 1.71. The fraction of sp³-hybridized carbons (Fsp3) is 1.00. The van der Waals surface area contributed by atoms with Crippen molar-refractivity contribution in [3.8, 4) is 0 Å². The van der Waals surface area contributed by atoms with Crippen LogP contribution < -0.4 is 0 Å². The van der Waals surface area contributed by atoms with Crippen LogP contribution in [0.5, 0.6) is 0 Å². The van der Waals surface area contributed by atoms with E-state index < -0.39 is 0 Å². The summed E-state index contributed by atoms with van der Waals surface area (Å²) in [5.74, 6) is 0. The zero-order chi connectivity index (χ0) is 10.4. The minimum Gasteiger partial charge on any atom is -0.396 e. The molecule has 1 saturated heterocycles. The van der Waals surface area contributed by atoms with E-state index in [1.54, 1.807) is 0 Å². The highest BCUT2D eigenvalue weighted by atomic mass is 16.5. The summed E-state index contributed by atoms with van der Waals surface area (Å²) in [7, 11) is 0. The number of ether oxygens (including phenoxy) is 1. The minimum absolute atomic E-state index is 0.271. The number of rotatable bonds is 5. The highest BCUT2D eigenvalue weighted by Gasteiger charge is 2.19. The average Bonchev–Trinajstić information content (AvgIpc) is 2.17. The van der Waals surface area contributed by atoms with E-state index >= 15 is 0 Å². The number of nitrogens with zero attached hydrogens (tertiary/aromatic N) is 1. The van der Waals surface area contributed by atoms with Gasteiger partial charge in [0, 0.05) is 19.7 Å². The average molecular weight is 201 g/mol. The van der Waals surface area contributed by atoms with Gasteiger partial charge in [-0.15, -0.1) is 0 Å². The number of aliphatic hydroxyl groups excluding tert-OH is 1. The van der Waals surface area contributed by atoms with Gasteiger partial charge in [0.05, 0.1) is 13.2 Å². The smallest absolute Gasteiger partial charge is 0.0594 e. The lowest BCUT2D eigenvalue weighted by atomic mass is 9.86. The van der Waals surface area contributed by atoms with E-state index in [1.807, 2.05) is 0 Å². The molecule has 0 saturated carbocycles. The topological polar surface area (TPSA) is 32.7 Å². The Morgan fingerprint density at radius 1 is 1.21 bits per heavy atom. The Bertz CT molecular complexity index is 153. The third-order valence-corrected chi connectivity index (χ3v) is 3.00. The predicted octanol–water partition coefficient (Wildman–Crippen LogP) is 1.12. The summed E-state index contributed by atoms with van der Waals surface area (Å²) >= 11 is 0. The highest BCUT2D eigenvalue weighted by Crippen LogP contribution is 2.24. The quantitative estimate of drug-likeness (QED) is 0.723. The van der Waals surface area contributed by atoms with Crippen LogP contribution in [0.15, 0.2) is 0 Å². The van der Waals surface area contributed by atoms with E-state index in [0.29, 0.717) is 6.61 Å². The molecule has 0 aromatic carbocycles. The molecule has 0 atom stereocenters. The van der Waals surface area contributed by atoms with Gasteiger partial charge in [-0.3, -0.25) is 4.90 Å². The van der Waals surface area contributed by atoms with Gasteiger partial charge in [-0.05, 0) is 24.8 Å². The van der Waals surface area contributed by atoms with E-state index in [4.69, 9.17) is 9.84 Å². The molecule has 0 radical (unpaired) electrons. The van der Waals surface area contributed by atoms with Crippen LogP contribution in [0.1, 0.15) is 26.7 Å². The minimum atomic E-state index is 0.271. The summed E-state index contributed by atoms with van der Waals surface area (Å²) in [6, 6.07) is 0. The van der Waals surface area contributed by atoms with E-state index in [0.717, 1.165) is 45.7 Å². The third-order valence-electron chi connectivity index (χ3n) is 3.00. The van der Waals surface area contributed by atoms with Gasteiger partial charge >= 0.3 is 0 Å². The van der Waals surface area contributed by atoms with E-state index in [2.05, 4.69) is 18.7 Å². The first kappa shape index (κ1) is 12.0. The maximum Gasteiger partial charge on any atom is 0.0594 e. The fourth-order valence-corrected chi connectivity index (χ4v) is 1.71. The molecule has 0 amide bonds. The molecule has 3 nitrogen and oxygen atoms in total. The number of aliphatic hydroxyl groups is 1. The van der Waals surface area contributed by atoms with Crippen LogP contribution in [-0.2, 0) is 4.74 Å². The largest absolute Gasteiger partial charge is 0.396 e. The molecule has 0 spiro atoms. The van der Waals surface area contributed by atoms with Gasteiger partial charge < -0.3 is 9.84 Å². The molecule has 1 aliphatic rings. The molecular weight excluding hydrogens is 178 g/mol. The van der Waals surface area contributed by atoms with Crippen molar-refractivity contribution in [2.45, 2.75) is 26.7 Å². The Labute approximate surface area is 87.1 Å². The molecule has 0 aromatic heterocycles. The summed E-state index contributed by atoms with van der Waals surface area (Å²) in [4.78, 5) is 2.45. The zero-order valence-electron chi connectivity index (χ0n) is 9.46. The molecule has 1 N–H and O–H groups in total. The van der Waals surface area contributed by atoms with Gasteiger partial charge in [-0.1, -0.05) is 13.8 Å². The number of hydrogen-bond acceptors (Lipinski definition) is 3. The standard InChI is InChI=1S/C11H23NO2/c1-11(2,4-8-13)3-5-12-6-9-14-10-7-12/h13H,3-10H2,1-2H3. The lowest BCUT2D eigenvalue weighted by Crippen LogP contribution is -2.38. The second kappa shape index (κ2) is 5.69. The van der Waals surface area contributed by atoms with Crippen molar-refractivity contribution in [1.29, 1.82) is 0 Å². The Morgan fingerprint density at radius 2 is 1.86 bits per heavy atom. The first-order chi connectivity index (χ1) is 6.64. The van der Waals surface area contributed by atoms with Gasteiger partial charge in [0.2, 0.25) is 0 Å². The summed E-state index contributed by atoms with van der Waals surface area (Å²) in [5.41, 5.74) is 0.271. The Balaban J connectivity index is 2.17. The van der Waals surface area contributed by atoms with Crippen molar-refractivity contribution in [3.63, 3.8) is 0 Å². The predicted molar refractivity (Wildman–Crippen MR) is 57.4 cm³/mol. The van der Waals surface area contributed by atoms with Crippen LogP contribution in [0, 0.1) is 5.41 Å². The maximum atomic E-state index is 8.91. The monoisotopic (exact) mass is 201 g/mol. The van der Waals surface area contributed by atoms with Crippen LogP contribution in [0.2, 0.25) is 0 Å².